The molecule has 1 saturated carbocycles. The van der Waals surface area contributed by atoms with Crippen molar-refractivity contribution in [2.45, 2.75) is 84.2 Å². The summed E-state index contributed by atoms with van der Waals surface area (Å²) in [4.78, 5) is 14.0. The largest absolute Gasteiger partial charge is 0.480 e. The second-order valence-corrected chi connectivity index (χ2v) is 7.77. The molecule has 3 atom stereocenters. The summed E-state index contributed by atoms with van der Waals surface area (Å²) in [6, 6.07) is 0.230. The first-order valence-electron chi connectivity index (χ1n) is 8.40. The number of rotatable bonds is 2. The van der Waals surface area contributed by atoms with E-state index >= 15 is 0 Å². The van der Waals surface area contributed by atoms with Gasteiger partial charge in [-0.1, -0.05) is 46.5 Å². The molecular weight excluding hydrogens is 250 g/mol. The monoisotopic (exact) mass is 281 g/mol. The van der Waals surface area contributed by atoms with Crippen LogP contribution < -0.4 is 0 Å². The lowest BCUT2D eigenvalue weighted by molar-refractivity contribution is -0.146. The maximum absolute atomic E-state index is 11.7. The van der Waals surface area contributed by atoms with Crippen molar-refractivity contribution in [2.24, 2.45) is 11.3 Å². The standard InChI is InChI=1S/C17H31NO2/c1-17(2,3)13-9-6-7-10-14(13)18-12-8-4-5-11-15(18)16(19)20/h13-15H,4-12H2,1-3H3,(H,19,20). The van der Waals surface area contributed by atoms with Crippen LogP contribution in [0.25, 0.3) is 0 Å². The van der Waals surface area contributed by atoms with Crippen LogP contribution in [0.5, 0.6) is 0 Å². The van der Waals surface area contributed by atoms with E-state index in [4.69, 9.17) is 0 Å². The van der Waals surface area contributed by atoms with Gasteiger partial charge in [0.15, 0.2) is 0 Å². The SMILES string of the molecule is CC(C)(C)C1CCCCC1N1CCCCCC1C(=O)O. The normalized spacial score (nSPS) is 33.6. The number of carboxylic acid groups (broad SMARTS) is 1. The smallest absolute Gasteiger partial charge is 0.320 e. The highest BCUT2D eigenvalue weighted by Gasteiger charge is 2.41. The Balaban J connectivity index is 2.21. The highest BCUT2D eigenvalue weighted by molar-refractivity contribution is 5.73. The van der Waals surface area contributed by atoms with Crippen LogP contribution in [0.15, 0.2) is 0 Å². The fourth-order valence-electron chi connectivity index (χ4n) is 4.31. The maximum Gasteiger partial charge on any atom is 0.320 e. The third-order valence-corrected chi connectivity index (χ3v) is 5.35. The first kappa shape index (κ1) is 15.8. The van der Waals surface area contributed by atoms with Crippen molar-refractivity contribution in [1.29, 1.82) is 0 Å². The molecule has 3 unspecified atom stereocenters. The van der Waals surface area contributed by atoms with Crippen LogP contribution in [0, 0.1) is 11.3 Å². The van der Waals surface area contributed by atoms with E-state index in [2.05, 4.69) is 25.7 Å². The second-order valence-electron chi connectivity index (χ2n) is 7.77. The Labute approximate surface area is 123 Å². The molecule has 0 aromatic rings. The van der Waals surface area contributed by atoms with Gasteiger partial charge in [0.25, 0.3) is 0 Å². The number of carbonyl (C=O) groups is 1. The first-order valence-corrected chi connectivity index (χ1v) is 8.40. The summed E-state index contributed by atoms with van der Waals surface area (Å²) in [5.41, 5.74) is 0.278. The lowest BCUT2D eigenvalue weighted by Gasteiger charge is -2.47. The lowest BCUT2D eigenvalue weighted by atomic mass is 9.69. The van der Waals surface area contributed by atoms with Gasteiger partial charge in [0, 0.05) is 6.04 Å². The number of nitrogens with zero attached hydrogens (tertiary/aromatic N) is 1. The summed E-state index contributed by atoms with van der Waals surface area (Å²) in [6.45, 7) is 7.95. The summed E-state index contributed by atoms with van der Waals surface area (Å²) in [5, 5.41) is 9.61. The quantitative estimate of drug-likeness (QED) is 0.834. The maximum atomic E-state index is 11.7. The summed E-state index contributed by atoms with van der Waals surface area (Å²) in [5.74, 6) is 0.0290. The van der Waals surface area contributed by atoms with E-state index in [1.54, 1.807) is 0 Å². The van der Waals surface area contributed by atoms with Gasteiger partial charge >= 0.3 is 5.97 Å². The van der Waals surface area contributed by atoms with Gasteiger partial charge in [0.1, 0.15) is 6.04 Å². The Kier molecular flexibility index (Phi) is 5.11. The lowest BCUT2D eigenvalue weighted by Crippen LogP contribution is -2.53. The van der Waals surface area contributed by atoms with Gasteiger partial charge in [-0.15, -0.1) is 0 Å². The van der Waals surface area contributed by atoms with Crippen LogP contribution in [0.1, 0.15) is 72.1 Å². The fourth-order valence-corrected chi connectivity index (χ4v) is 4.31. The van der Waals surface area contributed by atoms with E-state index in [-0.39, 0.29) is 11.5 Å². The van der Waals surface area contributed by atoms with Gasteiger partial charge in [0.05, 0.1) is 0 Å². The molecule has 3 heteroatoms. The Morgan fingerprint density at radius 3 is 2.30 bits per heavy atom. The van der Waals surface area contributed by atoms with Crippen LogP contribution in [0.2, 0.25) is 0 Å². The van der Waals surface area contributed by atoms with Crippen molar-refractivity contribution in [3.8, 4) is 0 Å². The van der Waals surface area contributed by atoms with Crippen molar-refractivity contribution < 1.29 is 9.90 Å². The van der Waals surface area contributed by atoms with Gasteiger partial charge in [-0.05, 0) is 43.6 Å². The molecule has 0 bridgehead atoms. The third-order valence-electron chi connectivity index (χ3n) is 5.35. The molecule has 2 rings (SSSR count). The summed E-state index contributed by atoms with van der Waals surface area (Å²) >= 11 is 0. The zero-order valence-corrected chi connectivity index (χ0v) is 13.4. The van der Waals surface area contributed by atoms with Gasteiger partial charge in [-0.3, -0.25) is 9.69 Å². The average molecular weight is 281 g/mol. The van der Waals surface area contributed by atoms with Gasteiger partial charge in [-0.2, -0.15) is 0 Å². The van der Waals surface area contributed by atoms with Crippen LogP contribution in [-0.4, -0.2) is 34.6 Å². The second kappa shape index (κ2) is 6.46. The number of hydrogen-bond donors (Lipinski definition) is 1. The molecule has 0 spiro atoms. The molecule has 1 heterocycles. The van der Waals surface area contributed by atoms with E-state index in [0.717, 1.165) is 25.8 Å². The zero-order valence-electron chi connectivity index (χ0n) is 13.4. The first-order chi connectivity index (χ1) is 9.41. The molecular formula is C17H31NO2. The Hall–Kier alpha value is -0.570. The van der Waals surface area contributed by atoms with Crippen LogP contribution >= 0.6 is 0 Å². The van der Waals surface area contributed by atoms with Gasteiger partial charge < -0.3 is 5.11 Å². The van der Waals surface area contributed by atoms with E-state index in [9.17, 15) is 9.90 Å². The highest BCUT2D eigenvalue weighted by atomic mass is 16.4. The highest BCUT2D eigenvalue weighted by Crippen LogP contribution is 2.41. The van der Waals surface area contributed by atoms with E-state index in [1.165, 1.54) is 32.1 Å². The molecule has 0 amide bonds. The molecule has 0 aromatic carbocycles. The minimum atomic E-state index is -0.606. The Morgan fingerprint density at radius 2 is 1.65 bits per heavy atom. The average Bonchev–Trinajstić information content (AvgIpc) is 2.63. The molecule has 0 aromatic heterocycles. The molecule has 116 valence electrons. The van der Waals surface area contributed by atoms with Crippen molar-refractivity contribution >= 4 is 5.97 Å². The fraction of sp³-hybridized carbons (Fsp3) is 0.941. The number of carboxylic acids is 1. The van der Waals surface area contributed by atoms with Gasteiger partial charge in [0.2, 0.25) is 0 Å². The minimum absolute atomic E-state index is 0.245. The van der Waals surface area contributed by atoms with Crippen LogP contribution in [-0.2, 0) is 4.79 Å². The minimum Gasteiger partial charge on any atom is -0.480 e. The predicted molar refractivity (Wildman–Crippen MR) is 81.8 cm³/mol. The number of aliphatic carboxylic acids is 1. The molecule has 3 nitrogen and oxygen atoms in total. The van der Waals surface area contributed by atoms with Crippen molar-refractivity contribution in [1.82, 2.24) is 4.90 Å². The molecule has 1 aliphatic heterocycles. The molecule has 1 saturated heterocycles. The predicted octanol–water partition coefficient (Wildman–Crippen LogP) is 3.92. The van der Waals surface area contributed by atoms with Crippen molar-refractivity contribution in [2.75, 3.05) is 6.54 Å². The third kappa shape index (κ3) is 3.55. The summed E-state index contributed by atoms with van der Waals surface area (Å²) in [6.07, 6.45) is 9.28. The molecule has 1 N–H and O–H groups in total. The molecule has 1 aliphatic carbocycles. The topological polar surface area (TPSA) is 40.5 Å². The van der Waals surface area contributed by atoms with E-state index < -0.39 is 5.97 Å². The van der Waals surface area contributed by atoms with Crippen molar-refractivity contribution in [3.05, 3.63) is 0 Å². The van der Waals surface area contributed by atoms with E-state index in [0.29, 0.717) is 12.0 Å². The van der Waals surface area contributed by atoms with Crippen LogP contribution in [0.4, 0.5) is 0 Å². The Morgan fingerprint density at radius 1 is 1.00 bits per heavy atom. The molecule has 2 fully saturated rings. The van der Waals surface area contributed by atoms with E-state index in [1.807, 2.05) is 0 Å². The molecule has 20 heavy (non-hydrogen) atoms. The van der Waals surface area contributed by atoms with Crippen molar-refractivity contribution in [3.63, 3.8) is 0 Å². The zero-order chi connectivity index (χ0) is 14.8. The van der Waals surface area contributed by atoms with Gasteiger partial charge in [-0.25, -0.2) is 0 Å². The summed E-state index contributed by atoms with van der Waals surface area (Å²) < 4.78 is 0. The van der Waals surface area contributed by atoms with Crippen LogP contribution in [0.3, 0.4) is 0 Å². The Bertz CT molecular complexity index is 334. The summed E-state index contributed by atoms with van der Waals surface area (Å²) in [7, 11) is 0. The number of hydrogen-bond acceptors (Lipinski definition) is 2. The molecule has 0 radical (unpaired) electrons. The molecule has 2 aliphatic rings. The number of likely N-dealkylation sites (tertiary alicyclic amines) is 1.